The van der Waals surface area contributed by atoms with Gasteiger partial charge in [0.25, 0.3) is 0 Å². The van der Waals surface area contributed by atoms with Gasteiger partial charge in [0.2, 0.25) is 0 Å². The van der Waals surface area contributed by atoms with Crippen LogP contribution in [0.1, 0.15) is 15.2 Å². The van der Waals surface area contributed by atoms with E-state index in [0.717, 1.165) is 3.79 Å². The van der Waals surface area contributed by atoms with E-state index in [0.29, 0.717) is 4.88 Å². The molecular weight excluding hydrogens is 423 g/mol. The smallest absolute Gasteiger partial charge is 0.338 e. The van der Waals surface area contributed by atoms with E-state index >= 15 is 0 Å². The molecule has 0 aliphatic heterocycles. The summed E-state index contributed by atoms with van der Waals surface area (Å²) in [6.07, 6.45) is 0. The molecule has 112 valence electrons. The lowest BCUT2D eigenvalue weighted by atomic mass is 10.2. The standard InChI is InChI=1S/C12H7BrCl2O4S2/c13-9-4-1-6(20-9)5-21(18,19)8-3-2-7(14)10(11(8)15)12(16)17/h1-4H,5H2,(H,16,17). The number of hydrogen-bond donors (Lipinski definition) is 1. The first-order valence-electron chi connectivity index (χ1n) is 5.40. The first-order valence-corrected chi connectivity index (χ1v) is 9.42. The molecule has 0 bridgehead atoms. The number of halogens is 3. The van der Waals surface area contributed by atoms with Gasteiger partial charge < -0.3 is 5.11 Å². The fraction of sp³-hybridized carbons (Fsp3) is 0.0833. The van der Waals surface area contributed by atoms with Gasteiger partial charge in [0.1, 0.15) is 0 Å². The van der Waals surface area contributed by atoms with Crippen molar-refractivity contribution in [3.05, 3.63) is 48.5 Å². The molecule has 0 saturated carbocycles. The van der Waals surface area contributed by atoms with Gasteiger partial charge in [-0.05, 0) is 40.2 Å². The van der Waals surface area contributed by atoms with Gasteiger partial charge in [-0.15, -0.1) is 11.3 Å². The Morgan fingerprint density at radius 3 is 2.43 bits per heavy atom. The minimum Gasteiger partial charge on any atom is -0.478 e. The zero-order valence-corrected chi connectivity index (χ0v) is 14.9. The van der Waals surface area contributed by atoms with Crippen LogP contribution < -0.4 is 0 Å². The number of aromatic carboxylic acids is 1. The van der Waals surface area contributed by atoms with E-state index in [4.69, 9.17) is 28.3 Å². The Hall–Kier alpha value is -0.600. The monoisotopic (exact) mass is 428 g/mol. The summed E-state index contributed by atoms with van der Waals surface area (Å²) in [4.78, 5) is 11.5. The summed E-state index contributed by atoms with van der Waals surface area (Å²) in [5.74, 6) is -1.63. The van der Waals surface area contributed by atoms with Crippen LogP contribution in [0.15, 0.2) is 32.9 Å². The van der Waals surface area contributed by atoms with Crippen molar-refractivity contribution < 1.29 is 18.3 Å². The van der Waals surface area contributed by atoms with Gasteiger partial charge in [-0.3, -0.25) is 0 Å². The highest BCUT2D eigenvalue weighted by molar-refractivity contribution is 9.11. The SMILES string of the molecule is O=C(O)c1c(Cl)ccc(S(=O)(=O)Cc2ccc(Br)s2)c1Cl. The summed E-state index contributed by atoms with van der Waals surface area (Å²) < 4.78 is 25.6. The Balaban J connectivity index is 2.50. The lowest BCUT2D eigenvalue weighted by molar-refractivity contribution is 0.0697. The van der Waals surface area contributed by atoms with Gasteiger partial charge in [0.05, 0.1) is 30.0 Å². The van der Waals surface area contributed by atoms with Gasteiger partial charge in [-0.1, -0.05) is 23.2 Å². The number of carboxylic acids is 1. The molecule has 0 fully saturated rings. The molecule has 9 heteroatoms. The number of carbonyl (C=O) groups is 1. The van der Waals surface area contributed by atoms with Crippen molar-refractivity contribution in [1.29, 1.82) is 0 Å². The highest BCUT2D eigenvalue weighted by atomic mass is 79.9. The normalized spacial score (nSPS) is 11.6. The minimum atomic E-state index is -3.77. The number of benzene rings is 1. The second-order valence-electron chi connectivity index (χ2n) is 4.00. The molecule has 0 radical (unpaired) electrons. The predicted octanol–water partition coefficient (Wildman–Crippen LogP) is 4.49. The van der Waals surface area contributed by atoms with E-state index in [-0.39, 0.29) is 20.7 Å². The molecule has 2 aromatic rings. The first kappa shape index (κ1) is 16.8. The van der Waals surface area contributed by atoms with Crippen LogP contribution in [0.3, 0.4) is 0 Å². The molecule has 1 N–H and O–H groups in total. The highest BCUT2D eigenvalue weighted by Crippen LogP contribution is 2.34. The first-order chi connectivity index (χ1) is 9.72. The zero-order valence-electron chi connectivity index (χ0n) is 10.1. The summed E-state index contributed by atoms with van der Waals surface area (Å²) in [5.41, 5.74) is -0.410. The molecule has 1 heterocycles. The molecule has 0 unspecified atom stereocenters. The van der Waals surface area contributed by atoms with Crippen molar-refractivity contribution in [2.45, 2.75) is 10.6 Å². The van der Waals surface area contributed by atoms with E-state index < -0.39 is 21.4 Å². The lowest BCUT2D eigenvalue weighted by Gasteiger charge is -2.09. The molecule has 0 aliphatic carbocycles. The van der Waals surface area contributed by atoms with Crippen LogP contribution in [0.2, 0.25) is 10.0 Å². The van der Waals surface area contributed by atoms with Gasteiger partial charge >= 0.3 is 5.97 Å². The van der Waals surface area contributed by atoms with Crippen molar-refractivity contribution in [2.75, 3.05) is 0 Å². The molecule has 1 aromatic heterocycles. The van der Waals surface area contributed by atoms with Gasteiger partial charge in [0.15, 0.2) is 9.84 Å². The van der Waals surface area contributed by atoms with Crippen molar-refractivity contribution in [2.24, 2.45) is 0 Å². The third-order valence-electron chi connectivity index (χ3n) is 2.57. The predicted molar refractivity (Wildman–Crippen MR) is 86.3 cm³/mol. The maximum Gasteiger partial charge on any atom is 0.338 e. The van der Waals surface area contributed by atoms with E-state index in [9.17, 15) is 13.2 Å². The number of hydrogen-bond acceptors (Lipinski definition) is 4. The second kappa shape index (κ2) is 6.26. The average Bonchev–Trinajstić information content (AvgIpc) is 2.72. The molecule has 21 heavy (non-hydrogen) atoms. The van der Waals surface area contributed by atoms with Crippen molar-refractivity contribution in [3.63, 3.8) is 0 Å². The third kappa shape index (κ3) is 3.60. The van der Waals surface area contributed by atoms with Crippen LogP contribution >= 0.6 is 50.5 Å². The summed E-state index contributed by atoms with van der Waals surface area (Å²) in [6.45, 7) is 0. The van der Waals surface area contributed by atoms with E-state index in [1.807, 2.05) is 0 Å². The van der Waals surface area contributed by atoms with Gasteiger partial charge in [0, 0.05) is 4.88 Å². The Bertz CT molecular complexity index is 815. The van der Waals surface area contributed by atoms with Crippen LogP contribution in [0.25, 0.3) is 0 Å². The maximum absolute atomic E-state index is 12.4. The van der Waals surface area contributed by atoms with Crippen molar-refractivity contribution >= 4 is 66.3 Å². The molecule has 0 spiro atoms. The summed E-state index contributed by atoms with van der Waals surface area (Å²) in [7, 11) is -3.77. The Morgan fingerprint density at radius 2 is 1.90 bits per heavy atom. The summed E-state index contributed by atoms with van der Waals surface area (Å²) in [6, 6.07) is 5.85. The average molecular weight is 430 g/mol. The zero-order chi connectivity index (χ0) is 15.8. The van der Waals surface area contributed by atoms with Crippen molar-refractivity contribution in [1.82, 2.24) is 0 Å². The highest BCUT2D eigenvalue weighted by Gasteiger charge is 2.25. The number of rotatable bonds is 4. The van der Waals surface area contributed by atoms with Crippen LogP contribution in [0, 0.1) is 0 Å². The lowest BCUT2D eigenvalue weighted by Crippen LogP contribution is -2.08. The second-order valence-corrected chi connectivity index (χ2v) is 9.30. The van der Waals surface area contributed by atoms with Gasteiger partial charge in [-0.25, -0.2) is 13.2 Å². The molecule has 0 saturated heterocycles. The number of carboxylic acid groups (broad SMARTS) is 1. The molecular formula is C12H7BrCl2O4S2. The molecule has 0 atom stereocenters. The number of sulfone groups is 1. The fourth-order valence-electron chi connectivity index (χ4n) is 1.66. The molecule has 4 nitrogen and oxygen atoms in total. The quantitative estimate of drug-likeness (QED) is 0.776. The topological polar surface area (TPSA) is 71.4 Å². The van der Waals surface area contributed by atoms with E-state index in [1.54, 1.807) is 12.1 Å². The largest absolute Gasteiger partial charge is 0.478 e. The van der Waals surface area contributed by atoms with Crippen LogP contribution in [-0.2, 0) is 15.6 Å². The Kier molecular flexibility index (Phi) is 4.99. The van der Waals surface area contributed by atoms with E-state index in [1.165, 1.54) is 23.5 Å². The molecule has 0 amide bonds. The fourth-order valence-corrected chi connectivity index (χ4v) is 5.81. The third-order valence-corrected chi connectivity index (χ3v) is 6.89. The Morgan fingerprint density at radius 1 is 1.24 bits per heavy atom. The Labute approximate surface area is 143 Å². The molecule has 0 aliphatic rings. The van der Waals surface area contributed by atoms with Crippen LogP contribution in [0.4, 0.5) is 0 Å². The van der Waals surface area contributed by atoms with E-state index in [2.05, 4.69) is 15.9 Å². The molecule has 1 aromatic carbocycles. The summed E-state index contributed by atoms with van der Waals surface area (Å²) >= 11 is 16.2. The number of thiophene rings is 1. The summed E-state index contributed by atoms with van der Waals surface area (Å²) in [5, 5.41) is 8.59. The minimum absolute atomic E-state index is 0.106. The van der Waals surface area contributed by atoms with Gasteiger partial charge in [-0.2, -0.15) is 0 Å². The maximum atomic E-state index is 12.4. The van der Waals surface area contributed by atoms with Crippen LogP contribution in [0.5, 0.6) is 0 Å². The van der Waals surface area contributed by atoms with Crippen LogP contribution in [-0.4, -0.2) is 19.5 Å². The molecule has 2 rings (SSSR count). The van der Waals surface area contributed by atoms with Crippen molar-refractivity contribution in [3.8, 4) is 0 Å².